The largest absolute Gasteiger partial charge is 0.483 e. The lowest BCUT2D eigenvalue weighted by atomic mass is 9.82. The lowest BCUT2D eigenvalue weighted by Crippen LogP contribution is -2.45. The third-order valence-electron chi connectivity index (χ3n) is 6.84. The lowest BCUT2D eigenvalue weighted by Gasteiger charge is -2.31. The fraction of sp³-hybridized carbons (Fsp3) is 0.636. The summed E-state index contributed by atoms with van der Waals surface area (Å²) in [5.74, 6) is 0.986. The van der Waals surface area contributed by atoms with Gasteiger partial charge in [0.2, 0.25) is 0 Å². The van der Waals surface area contributed by atoms with E-state index in [9.17, 15) is 13.2 Å². The fourth-order valence-electron chi connectivity index (χ4n) is 4.89. The van der Waals surface area contributed by atoms with E-state index in [0.29, 0.717) is 24.6 Å². The molecular weight excluding hydrogens is 420 g/mol. The number of hydrogen-bond acceptors (Lipinski definition) is 6. The number of carbonyl (C=O) groups is 1. The zero-order chi connectivity index (χ0) is 21.4. The third kappa shape index (κ3) is 4.23. The highest BCUT2D eigenvalue weighted by Gasteiger charge is 2.39. The molecule has 1 aromatic rings. The summed E-state index contributed by atoms with van der Waals surface area (Å²) in [6.45, 7) is 0.962. The molecule has 4 aliphatic heterocycles. The Morgan fingerprint density at radius 2 is 1.81 bits per heavy atom. The summed E-state index contributed by atoms with van der Waals surface area (Å²) in [6, 6.07) is 7.48. The van der Waals surface area contributed by atoms with Gasteiger partial charge in [-0.2, -0.15) is 4.40 Å². The molecule has 168 valence electrons. The van der Waals surface area contributed by atoms with Gasteiger partial charge in [0.25, 0.3) is 15.9 Å². The molecule has 4 heterocycles. The summed E-state index contributed by atoms with van der Waals surface area (Å²) < 4.78 is 46.5. The number of hydrogen-bond donors (Lipinski definition) is 0. The Bertz CT molecular complexity index is 966. The molecule has 0 N–H and O–H groups in total. The molecule has 2 bridgehead atoms. The van der Waals surface area contributed by atoms with Crippen LogP contribution in [-0.4, -0.2) is 75.3 Å². The minimum Gasteiger partial charge on any atom is -0.483 e. The molecule has 0 radical (unpaired) electrons. The molecule has 0 spiro atoms. The second kappa shape index (κ2) is 8.52. The Labute approximate surface area is 182 Å². The van der Waals surface area contributed by atoms with Crippen LogP contribution in [0.1, 0.15) is 43.6 Å². The minimum absolute atomic E-state index is 0.0832. The summed E-state index contributed by atoms with van der Waals surface area (Å²) in [6.07, 6.45) is 4.42. The standard InChI is InChI=1S/C22H28N2O6S/c25-22-14-30-21-4-2-1-3-18(21)15-5-7-16(8-6-15)29-13-20-19(9-10-24(20)22)23-31(26,27)17-11-28-12-17/h1-4,15-17,20H,5-14H2/b23-19+/t15?,16?,20-/m0/s1. The highest BCUT2D eigenvalue weighted by atomic mass is 32.2. The summed E-state index contributed by atoms with van der Waals surface area (Å²) >= 11 is 0. The maximum absolute atomic E-state index is 13.0. The van der Waals surface area contributed by atoms with Gasteiger partial charge in [-0.1, -0.05) is 18.2 Å². The van der Waals surface area contributed by atoms with Crippen molar-refractivity contribution in [3.63, 3.8) is 0 Å². The summed E-state index contributed by atoms with van der Waals surface area (Å²) in [5, 5.41) is -0.587. The molecule has 1 aromatic carbocycles. The van der Waals surface area contributed by atoms with E-state index in [1.165, 1.54) is 0 Å². The van der Waals surface area contributed by atoms with Crippen molar-refractivity contribution < 1.29 is 27.4 Å². The highest BCUT2D eigenvalue weighted by Crippen LogP contribution is 2.38. The summed E-state index contributed by atoms with van der Waals surface area (Å²) in [5.41, 5.74) is 1.66. The van der Waals surface area contributed by atoms with Crippen LogP contribution in [0.2, 0.25) is 0 Å². The Morgan fingerprint density at radius 3 is 2.55 bits per heavy atom. The third-order valence-corrected chi connectivity index (χ3v) is 8.44. The average Bonchev–Trinajstić information content (AvgIpc) is 3.11. The van der Waals surface area contributed by atoms with Crippen molar-refractivity contribution in [1.29, 1.82) is 0 Å². The van der Waals surface area contributed by atoms with Crippen LogP contribution in [0.15, 0.2) is 28.7 Å². The quantitative estimate of drug-likeness (QED) is 0.686. The van der Waals surface area contributed by atoms with Gasteiger partial charge in [0.15, 0.2) is 6.61 Å². The van der Waals surface area contributed by atoms with E-state index in [2.05, 4.69) is 10.5 Å². The van der Waals surface area contributed by atoms with Gasteiger partial charge in [-0.05, 0) is 43.2 Å². The molecule has 31 heavy (non-hydrogen) atoms. The molecule has 8 nitrogen and oxygen atoms in total. The summed E-state index contributed by atoms with van der Waals surface area (Å²) in [7, 11) is -3.64. The van der Waals surface area contributed by atoms with Crippen LogP contribution in [0.5, 0.6) is 5.75 Å². The Balaban J connectivity index is 1.42. The number of fused-ring (bicyclic) bond motifs is 5. The first-order chi connectivity index (χ1) is 15.0. The number of ether oxygens (including phenoxy) is 3. The van der Waals surface area contributed by atoms with E-state index in [0.717, 1.165) is 37.0 Å². The van der Waals surface area contributed by atoms with E-state index in [1.54, 1.807) is 4.90 Å². The zero-order valence-corrected chi connectivity index (χ0v) is 18.3. The normalized spacial score (nSPS) is 31.1. The van der Waals surface area contributed by atoms with Crippen molar-refractivity contribution in [1.82, 2.24) is 4.90 Å². The molecule has 3 fully saturated rings. The predicted molar refractivity (Wildman–Crippen MR) is 114 cm³/mol. The smallest absolute Gasteiger partial charge is 0.261 e. The minimum atomic E-state index is -3.64. The number of carbonyl (C=O) groups excluding carboxylic acids is 1. The molecule has 9 heteroatoms. The maximum atomic E-state index is 13.0. The van der Waals surface area contributed by atoms with Crippen LogP contribution >= 0.6 is 0 Å². The first-order valence-corrected chi connectivity index (χ1v) is 12.5. The second-order valence-corrected chi connectivity index (χ2v) is 10.6. The Morgan fingerprint density at radius 1 is 1.03 bits per heavy atom. The van der Waals surface area contributed by atoms with Crippen molar-refractivity contribution in [2.45, 2.75) is 55.4 Å². The van der Waals surface area contributed by atoms with Crippen molar-refractivity contribution >= 4 is 21.6 Å². The van der Waals surface area contributed by atoms with Crippen molar-refractivity contribution in [2.75, 3.05) is 33.0 Å². The second-order valence-electron chi connectivity index (χ2n) is 8.74. The number of para-hydroxylation sites is 1. The monoisotopic (exact) mass is 448 g/mol. The van der Waals surface area contributed by atoms with Crippen LogP contribution in [0.4, 0.5) is 0 Å². The molecule has 1 aliphatic carbocycles. The number of sulfonamides is 1. The van der Waals surface area contributed by atoms with E-state index in [1.807, 2.05) is 18.2 Å². The molecule has 2 saturated heterocycles. The first-order valence-electron chi connectivity index (χ1n) is 11.0. The van der Waals surface area contributed by atoms with Crippen molar-refractivity contribution in [3.8, 4) is 5.75 Å². The number of benzene rings is 1. The van der Waals surface area contributed by atoms with Crippen LogP contribution in [0.3, 0.4) is 0 Å². The number of nitrogens with zero attached hydrogens (tertiary/aromatic N) is 2. The van der Waals surface area contributed by atoms with Gasteiger partial charge < -0.3 is 19.1 Å². The van der Waals surface area contributed by atoms with Gasteiger partial charge in [0, 0.05) is 13.0 Å². The predicted octanol–water partition coefficient (Wildman–Crippen LogP) is 1.89. The topological polar surface area (TPSA) is 94.5 Å². The maximum Gasteiger partial charge on any atom is 0.261 e. The van der Waals surface area contributed by atoms with E-state index < -0.39 is 21.3 Å². The molecular formula is C22H28N2O6S. The number of rotatable bonds is 2. The number of amides is 1. The van der Waals surface area contributed by atoms with Gasteiger partial charge in [0.05, 0.1) is 37.7 Å². The van der Waals surface area contributed by atoms with Crippen LogP contribution in [0.25, 0.3) is 0 Å². The fourth-order valence-corrected chi connectivity index (χ4v) is 6.12. The van der Waals surface area contributed by atoms with E-state index >= 15 is 0 Å². The van der Waals surface area contributed by atoms with E-state index in [-0.39, 0.29) is 38.4 Å². The van der Waals surface area contributed by atoms with Gasteiger partial charge in [-0.3, -0.25) is 4.79 Å². The molecule has 6 rings (SSSR count). The summed E-state index contributed by atoms with van der Waals surface area (Å²) in [4.78, 5) is 14.7. The van der Waals surface area contributed by atoms with Gasteiger partial charge in [-0.15, -0.1) is 0 Å². The van der Waals surface area contributed by atoms with Crippen LogP contribution in [0, 0.1) is 0 Å². The zero-order valence-electron chi connectivity index (χ0n) is 17.4. The Hall–Kier alpha value is -1.97. The SMILES string of the molecule is O=C1COc2ccccc2C2CCC(CC2)OC[C@H]2/C(=N/S(=O)(=O)C3COC3)CCN12. The molecule has 0 unspecified atom stereocenters. The Kier molecular flexibility index (Phi) is 5.75. The van der Waals surface area contributed by atoms with Gasteiger partial charge >= 0.3 is 0 Å². The lowest BCUT2D eigenvalue weighted by molar-refractivity contribution is -0.135. The van der Waals surface area contributed by atoms with Gasteiger partial charge in [0.1, 0.15) is 11.0 Å². The van der Waals surface area contributed by atoms with Crippen LogP contribution < -0.4 is 4.74 Å². The molecule has 0 aromatic heterocycles. The van der Waals surface area contributed by atoms with Crippen molar-refractivity contribution in [3.05, 3.63) is 29.8 Å². The average molecular weight is 449 g/mol. The van der Waals surface area contributed by atoms with E-state index in [4.69, 9.17) is 14.2 Å². The first kappa shape index (κ1) is 20.9. The van der Waals surface area contributed by atoms with Crippen molar-refractivity contribution in [2.24, 2.45) is 4.40 Å². The van der Waals surface area contributed by atoms with Crippen LogP contribution in [-0.2, 0) is 24.3 Å². The molecule has 1 amide bonds. The molecule has 5 aliphatic rings. The van der Waals surface area contributed by atoms with Gasteiger partial charge in [-0.25, -0.2) is 8.42 Å². The highest BCUT2D eigenvalue weighted by molar-refractivity contribution is 7.91. The molecule has 1 atom stereocenters. The molecule has 1 saturated carbocycles.